The highest BCUT2D eigenvalue weighted by Crippen LogP contribution is 2.27. The minimum atomic E-state index is -1.33. The average molecular weight is 339 g/mol. The molecule has 0 fully saturated rings. The van der Waals surface area contributed by atoms with Gasteiger partial charge in [0.1, 0.15) is 17.1 Å². The number of nitrogens with one attached hydrogen (secondary N) is 1. The molecule has 4 N–H and O–H groups in total. The Bertz CT molecular complexity index is 747. The number of nitrogens with zero attached hydrogens (tertiary/aromatic N) is 1. The van der Waals surface area contributed by atoms with Crippen LogP contribution >= 0.6 is 11.3 Å². The van der Waals surface area contributed by atoms with Gasteiger partial charge in [-0.3, -0.25) is 14.9 Å². The Kier molecular flexibility index (Phi) is 4.62. The molecule has 7 nitrogen and oxygen atoms in total. The predicted octanol–water partition coefficient (Wildman–Crippen LogP) is 2.02. The van der Waals surface area contributed by atoms with Gasteiger partial charge in [0.25, 0.3) is 11.6 Å². The molecule has 0 aliphatic heterocycles. The van der Waals surface area contributed by atoms with Gasteiger partial charge in [0.05, 0.1) is 23.1 Å². The standard InChI is InChI=1S/C14H14FN3O4S/c1-14(20,8-2-3-23-6-8)7-17-13(19)10-4-9(15)5-11(12(10)16)18(21)22/h2-6,20H,7,16H2,1H3,(H,17,19). The fourth-order valence-electron chi connectivity index (χ4n) is 1.96. The lowest BCUT2D eigenvalue weighted by atomic mass is 9.99. The van der Waals surface area contributed by atoms with Crippen molar-refractivity contribution >= 4 is 28.6 Å². The third-order valence-electron chi connectivity index (χ3n) is 3.30. The summed E-state index contributed by atoms with van der Waals surface area (Å²) < 4.78 is 13.4. The summed E-state index contributed by atoms with van der Waals surface area (Å²) in [4.78, 5) is 22.1. The van der Waals surface area contributed by atoms with E-state index in [1.807, 2.05) is 0 Å². The maximum Gasteiger partial charge on any atom is 0.295 e. The van der Waals surface area contributed by atoms with Gasteiger partial charge >= 0.3 is 0 Å². The Morgan fingerprint density at radius 2 is 2.26 bits per heavy atom. The first-order valence-corrected chi connectivity index (χ1v) is 7.43. The molecule has 0 saturated carbocycles. The van der Waals surface area contributed by atoms with E-state index < -0.39 is 33.6 Å². The summed E-state index contributed by atoms with van der Waals surface area (Å²) in [5.41, 5.74) is 3.38. The van der Waals surface area contributed by atoms with Gasteiger partial charge in [-0.05, 0) is 35.4 Å². The fourth-order valence-corrected chi connectivity index (χ4v) is 2.75. The summed E-state index contributed by atoms with van der Waals surface area (Å²) in [7, 11) is 0. The molecular formula is C14H14FN3O4S. The molecule has 0 bridgehead atoms. The van der Waals surface area contributed by atoms with E-state index in [0.717, 1.165) is 6.07 Å². The first-order valence-electron chi connectivity index (χ1n) is 6.49. The second-order valence-electron chi connectivity index (χ2n) is 5.11. The first-order chi connectivity index (χ1) is 10.7. The summed E-state index contributed by atoms with van der Waals surface area (Å²) >= 11 is 1.39. The van der Waals surface area contributed by atoms with Gasteiger partial charge in [-0.25, -0.2) is 4.39 Å². The van der Waals surface area contributed by atoms with Crippen molar-refractivity contribution in [2.24, 2.45) is 0 Å². The number of anilines is 1. The normalized spacial score (nSPS) is 13.3. The molecular weight excluding hydrogens is 325 g/mol. The van der Waals surface area contributed by atoms with Gasteiger partial charge in [-0.1, -0.05) is 0 Å². The van der Waals surface area contributed by atoms with Gasteiger partial charge in [0.15, 0.2) is 0 Å². The highest BCUT2D eigenvalue weighted by molar-refractivity contribution is 7.08. The lowest BCUT2D eigenvalue weighted by Gasteiger charge is -2.23. The van der Waals surface area contributed by atoms with E-state index in [4.69, 9.17) is 5.73 Å². The largest absolute Gasteiger partial charge is 0.393 e. The van der Waals surface area contributed by atoms with Crippen molar-refractivity contribution in [1.29, 1.82) is 0 Å². The zero-order chi connectivity index (χ0) is 17.2. The minimum Gasteiger partial charge on any atom is -0.393 e. The lowest BCUT2D eigenvalue weighted by Crippen LogP contribution is -2.38. The van der Waals surface area contributed by atoms with Gasteiger partial charge in [0, 0.05) is 0 Å². The van der Waals surface area contributed by atoms with Crippen molar-refractivity contribution in [1.82, 2.24) is 5.32 Å². The van der Waals surface area contributed by atoms with Crippen LogP contribution in [0.3, 0.4) is 0 Å². The average Bonchev–Trinajstić information content (AvgIpc) is 3.01. The highest BCUT2D eigenvalue weighted by Gasteiger charge is 2.26. The van der Waals surface area contributed by atoms with Gasteiger partial charge in [0.2, 0.25) is 0 Å². The molecule has 9 heteroatoms. The monoisotopic (exact) mass is 339 g/mol. The minimum absolute atomic E-state index is 0.160. The van der Waals surface area contributed by atoms with Crippen LogP contribution in [0.4, 0.5) is 15.8 Å². The summed E-state index contributed by atoms with van der Waals surface area (Å²) in [5.74, 6) is -1.75. The third-order valence-corrected chi connectivity index (χ3v) is 3.98. The Morgan fingerprint density at radius 1 is 1.57 bits per heavy atom. The number of nitro groups is 1. The Hall–Kier alpha value is -2.52. The quantitative estimate of drug-likeness (QED) is 0.437. The number of benzene rings is 1. The van der Waals surface area contributed by atoms with Crippen LogP contribution in [0.1, 0.15) is 22.8 Å². The van der Waals surface area contributed by atoms with Gasteiger partial charge < -0.3 is 16.2 Å². The summed E-state index contributed by atoms with van der Waals surface area (Å²) in [5, 5.41) is 27.0. The SMILES string of the molecule is CC(O)(CNC(=O)c1cc(F)cc([N+](=O)[O-])c1N)c1ccsc1. The topological polar surface area (TPSA) is 118 Å². The molecule has 23 heavy (non-hydrogen) atoms. The molecule has 2 aromatic rings. The number of thiophene rings is 1. The fraction of sp³-hybridized carbons (Fsp3) is 0.214. The molecule has 0 radical (unpaired) electrons. The summed E-state index contributed by atoms with van der Waals surface area (Å²) in [6, 6.07) is 3.17. The van der Waals surface area contributed by atoms with Crippen LogP contribution in [0.5, 0.6) is 0 Å². The molecule has 0 aliphatic carbocycles. The number of hydrogen-bond acceptors (Lipinski definition) is 6. The van der Waals surface area contributed by atoms with Crippen LogP contribution in [-0.2, 0) is 5.60 Å². The number of carbonyl (C=O) groups is 1. The van der Waals surface area contributed by atoms with E-state index in [9.17, 15) is 24.4 Å². The van der Waals surface area contributed by atoms with Crippen LogP contribution < -0.4 is 11.1 Å². The number of aliphatic hydroxyl groups is 1. The molecule has 1 amide bonds. The van der Waals surface area contributed by atoms with Crippen LogP contribution in [0.15, 0.2) is 29.0 Å². The van der Waals surface area contributed by atoms with E-state index in [2.05, 4.69) is 5.32 Å². The number of carbonyl (C=O) groups excluding carboxylic acids is 1. The molecule has 122 valence electrons. The predicted molar refractivity (Wildman–Crippen MR) is 83.7 cm³/mol. The van der Waals surface area contributed by atoms with Crippen LogP contribution in [0, 0.1) is 15.9 Å². The second kappa shape index (κ2) is 6.31. The number of hydrogen-bond donors (Lipinski definition) is 3. The van der Waals surface area contributed by atoms with Crippen molar-refractivity contribution in [3.63, 3.8) is 0 Å². The van der Waals surface area contributed by atoms with E-state index in [1.165, 1.54) is 18.3 Å². The molecule has 0 aliphatic rings. The Morgan fingerprint density at radius 3 is 2.83 bits per heavy atom. The molecule has 0 saturated heterocycles. The van der Waals surface area contributed by atoms with Crippen molar-refractivity contribution in [2.45, 2.75) is 12.5 Å². The Balaban J connectivity index is 2.20. The number of nitro benzene ring substituents is 1. The lowest BCUT2D eigenvalue weighted by molar-refractivity contribution is -0.384. The van der Waals surface area contributed by atoms with E-state index in [-0.39, 0.29) is 12.1 Å². The number of nitrogens with two attached hydrogens (primary N) is 1. The number of nitrogen functional groups attached to an aromatic ring is 1. The smallest absolute Gasteiger partial charge is 0.295 e. The number of rotatable bonds is 5. The zero-order valence-electron chi connectivity index (χ0n) is 12.1. The van der Waals surface area contributed by atoms with E-state index >= 15 is 0 Å². The van der Waals surface area contributed by atoms with Crippen molar-refractivity contribution in [2.75, 3.05) is 12.3 Å². The van der Waals surface area contributed by atoms with Gasteiger partial charge in [-0.15, -0.1) is 0 Å². The van der Waals surface area contributed by atoms with Crippen LogP contribution in [-0.4, -0.2) is 22.5 Å². The summed E-state index contributed by atoms with van der Waals surface area (Å²) in [6.07, 6.45) is 0. The first kappa shape index (κ1) is 16.8. The van der Waals surface area contributed by atoms with Gasteiger partial charge in [-0.2, -0.15) is 11.3 Å². The molecule has 1 unspecified atom stereocenters. The highest BCUT2D eigenvalue weighted by atomic mass is 32.1. The number of halogens is 1. The molecule has 1 aromatic heterocycles. The second-order valence-corrected chi connectivity index (χ2v) is 5.89. The molecule has 1 atom stereocenters. The molecule has 1 heterocycles. The van der Waals surface area contributed by atoms with E-state index in [0.29, 0.717) is 11.6 Å². The van der Waals surface area contributed by atoms with E-state index in [1.54, 1.807) is 16.8 Å². The molecule has 0 spiro atoms. The van der Waals surface area contributed by atoms with Crippen molar-refractivity contribution < 1.29 is 19.2 Å². The summed E-state index contributed by atoms with van der Waals surface area (Å²) in [6.45, 7) is 1.35. The third kappa shape index (κ3) is 3.63. The molecule has 2 rings (SSSR count). The van der Waals surface area contributed by atoms with Crippen LogP contribution in [0.2, 0.25) is 0 Å². The number of amides is 1. The molecule has 1 aromatic carbocycles. The maximum atomic E-state index is 13.4. The Labute approximate surface area is 134 Å². The maximum absolute atomic E-state index is 13.4. The van der Waals surface area contributed by atoms with Crippen molar-refractivity contribution in [3.05, 3.63) is 56.0 Å². The van der Waals surface area contributed by atoms with Crippen molar-refractivity contribution in [3.8, 4) is 0 Å². The zero-order valence-corrected chi connectivity index (χ0v) is 12.9. The van der Waals surface area contributed by atoms with Crippen LogP contribution in [0.25, 0.3) is 0 Å².